The third kappa shape index (κ3) is 19.2. The van der Waals surface area contributed by atoms with Crippen molar-refractivity contribution in [2.75, 3.05) is 6.61 Å². The molecule has 0 bridgehead atoms. The Labute approximate surface area is 175 Å². The predicted molar refractivity (Wildman–Crippen MR) is 59.8 cm³/mol. The van der Waals surface area contributed by atoms with Crippen LogP contribution in [0.5, 0.6) is 0 Å². The molecule has 0 saturated carbocycles. The van der Waals surface area contributed by atoms with Gasteiger partial charge in [0.05, 0.1) is 14.4 Å². The minimum Gasteiger partial charge on any atom is -0.790 e. The minimum atomic E-state index is -5.14. The van der Waals surface area contributed by atoms with Crippen molar-refractivity contribution in [1.82, 2.24) is 5.32 Å². The molecule has 0 aromatic heterocycles. The van der Waals surface area contributed by atoms with E-state index in [0.717, 1.165) is 6.92 Å². The molecular formula is C8H16NNa2O11P. The van der Waals surface area contributed by atoms with Gasteiger partial charge >= 0.3 is 59.1 Å². The van der Waals surface area contributed by atoms with Crippen molar-refractivity contribution in [3.8, 4) is 0 Å². The summed E-state index contributed by atoms with van der Waals surface area (Å²) in [6.45, 7) is 0.176. The van der Waals surface area contributed by atoms with Gasteiger partial charge in [0.1, 0.15) is 18.3 Å². The molecule has 0 radical (unpaired) electrons. The summed E-state index contributed by atoms with van der Waals surface area (Å²) >= 11 is 0. The molecule has 0 aliphatic rings. The Morgan fingerprint density at radius 1 is 1.09 bits per heavy atom. The van der Waals surface area contributed by atoms with Gasteiger partial charge in [0.25, 0.3) is 5.91 Å². The van der Waals surface area contributed by atoms with Gasteiger partial charge in [-0.05, 0) is 0 Å². The average molecular weight is 379 g/mol. The van der Waals surface area contributed by atoms with Gasteiger partial charge in [0.15, 0.2) is 6.10 Å². The zero-order valence-corrected chi connectivity index (χ0v) is 17.6. The van der Waals surface area contributed by atoms with Gasteiger partial charge in [-0.25, -0.2) is 0 Å². The number of carbonyl (C=O) groups excluding carboxylic acids is 2. The van der Waals surface area contributed by atoms with Crippen LogP contribution in [-0.4, -0.2) is 73.3 Å². The number of carbonyl (C=O) groups is 2. The van der Waals surface area contributed by atoms with Crippen molar-refractivity contribution in [3.05, 3.63) is 0 Å². The van der Waals surface area contributed by atoms with E-state index in [9.17, 15) is 19.8 Å². The molecule has 12 nitrogen and oxygen atoms in total. The molecule has 4 atom stereocenters. The Morgan fingerprint density at radius 3 is 1.70 bits per heavy atom. The van der Waals surface area contributed by atoms with Gasteiger partial charge in [-0.1, -0.05) is 0 Å². The standard InChI is InChI=1S/C8H15NO7.2Na.H3O4P/c1-3(11)9-8(16)7(15)6(14)5(13)4(12)2-10;;;1-5(2,3)4/h4-7,10,12-15H,2H2,1H3,(H,9,11,16);;;(H3,1,2,3,4)/q;2*+1;/p-2. The van der Waals surface area contributed by atoms with E-state index in [4.69, 9.17) is 34.6 Å². The molecule has 7 N–H and O–H groups in total. The van der Waals surface area contributed by atoms with Gasteiger partial charge in [0.2, 0.25) is 5.91 Å². The van der Waals surface area contributed by atoms with E-state index in [1.807, 2.05) is 0 Å². The fourth-order valence-corrected chi connectivity index (χ4v) is 0.925. The fourth-order valence-electron chi connectivity index (χ4n) is 0.925. The third-order valence-corrected chi connectivity index (χ3v) is 1.82. The molecule has 0 fully saturated rings. The first-order chi connectivity index (χ1) is 9.31. The molecule has 0 aromatic carbocycles. The van der Waals surface area contributed by atoms with Crippen LogP contribution in [-0.2, 0) is 14.2 Å². The molecule has 0 heterocycles. The zero-order valence-electron chi connectivity index (χ0n) is 12.7. The molecule has 15 heteroatoms. The summed E-state index contributed by atoms with van der Waals surface area (Å²) in [5.41, 5.74) is 0. The average Bonchev–Trinajstić information content (AvgIpc) is 2.32. The topological polar surface area (TPSA) is 231 Å². The number of imide groups is 1. The summed E-state index contributed by atoms with van der Waals surface area (Å²) < 4.78 is 8.66. The van der Waals surface area contributed by atoms with Crippen LogP contribution in [0.25, 0.3) is 0 Å². The first-order valence-electron chi connectivity index (χ1n) is 5.20. The summed E-state index contributed by atoms with van der Waals surface area (Å²) in [4.78, 5) is 45.8. The fraction of sp³-hybridized carbons (Fsp3) is 0.750. The van der Waals surface area contributed by atoms with Crippen molar-refractivity contribution in [2.45, 2.75) is 31.3 Å². The van der Waals surface area contributed by atoms with E-state index in [-0.39, 0.29) is 59.1 Å². The first-order valence-corrected chi connectivity index (χ1v) is 6.70. The molecule has 23 heavy (non-hydrogen) atoms. The van der Waals surface area contributed by atoms with Crippen LogP contribution in [0.2, 0.25) is 0 Å². The molecule has 126 valence electrons. The van der Waals surface area contributed by atoms with Crippen LogP contribution in [0.4, 0.5) is 0 Å². The van der Waals surface area contributed by atoms with Crippen molar-refractivity contribution < 1.29 is 113 Å². The van der Waals surface area contributed by atoms with Crippen LogP contribution in [0.1, 0.15) is 6.92 Å². The third-order valence-electron chi connectivity index (χ3n) is 1.82. The Kier molecular flexibility index (Phi) is 21.2. The number of nitrogens with one attached hydrogen (secondary N) is 1. The summed E-state index contributed by atoms with van der Waals surface area (Å²) in [5, 5.41) is 46.7. The number of aliphatic hydroxyl groups is 5. The summed E-state index contributed by atoms with van der Waals surface area (Å²) in [6.07, 6.45) is -7.70. The molecule has 0 aromatic rings. The molecule has 0 aliphatic carbocycles. The van der Waals surface area contributed by atoms with Crippen molar-refractivity contribution in [3.63, 3.8) is 0 Å². The number of hydrogen-bond acceptors (Lipinski definition) is 10. The van der Waals surface area contributed by atoms with E-state index in [1.165, 1.54) is 0 Å². The van der Waals surface area contributed by atoms with Crippen LogP contribution in [0.3, 0.4) is 0 Å². The number of phosphoric acid groups is 1. The maximum atomic E-state index is 11.0. The van der Waals surface area contributed by atoms with Gasteiger partial charge in [-0.2, -0.15) is 0 Å². The molecular weight excluding hydrogens is 363 g/mol. The number of rotatable bonds is 5. The maximum Gasteiger partial charge on any atom is 1.00 e. The zero-order chi connectivity index (χ0) is 17.4. The van der Waals surface area contributed by atoms with Crippen LogP contribution < -0.4 is 74.2 Å². The van der Waals surface area contributed by atoms with E-state index in [2.05, 4.69) is 0 Å². The minimum absolute atomic E-state index is 0. The first kappa shape index (κ1) is 31.8. The van der Waals surface area contributed by atoms with E-state index in [1.54, 1.807) is 5.32 Å². The molecule has 0 rings (SSSR count). The van der Waals surface area contributed by atoms with Gasteiger partial charge in [-0.3, -0.25) is 14.9 Å². The molecule has 2 amide bonds. The molecule has 0 aliphatic heterocycles. The van der Waals surface area contributed by atoms with Crippen molar-refractivity contribution in [2.24, 2.45) is 0 Å². The molecule has 0 saturated heterocycles. The van der Waals surface area contributed by atoms with E-state index < -0.39 is 50.7 Å². The smallest absolute Gasteiger partial charge is 0.790 e. The normalized spacial score (nSPS) is 15.3. The van der Waals surface area contributed by atoms with Gasteiger partial charge in [0, 0.05) is 6.92 Å². The quantitative estimate of drug-likeness (QED) is 0.175. The number of amides is 2. The second kappa shape index (κ2) is 15.3. The molecule has 4 unspecified atom stereocenters. The number of aliphatic hydroxyl groups excluding tert-OH is 5. The van der Waals surface area contributed by atoms with Crippen LogP contribution in [0.15, 0.2) is 0 Å². The maximum absolute atomic E-state index is 11.0. The largest absolute Gasteiger partial charge is 1.00 e. The Morgan fingerprint density at radius 2 is 1.43 bits per heavy atom. The predicted octanol–water partition coefficient (Wildman–Crippen LogP) is -12.1. The Bertz CT molecular complexity index is 384. The Hall–Kier alpha value is 1.05. The molecule has 0 spiro atoms. The summed E-state index contributed by atoms with van der Waals surface area (Å²) in [5.74, 6) is -1.95. The van der Waals surface area contributed by atoms with Crippen LogP contribution >= 0.6 is 7.82 Å². The SMILES string of the molecule is CC(=O)NC(=O)C(O)C(O)C(O)C(O)CO.O=P([O-])([O-])O.[Na+].[Na+]. The second-order valence-corrected chi connectivity index (χ2v) is 4.63. The monoisotopic (exact) mass is 379 g/mol. The van der Waals surface area contributed by atoms with Crippen LogP contribution in [0, 0.1) is 0 Å². The van der Waals surface area contributed by atoms with E-state index >= 15 is 0 Å². The van der Waals surface area contributed by atoms with Crippen molar-refractivity contribution >= 4 is 19.6 Å². The number of hydrogen-bond donors (Lipinski definition) is 7. The second-order valence-electron chi connectivity index (χ2n) is 3.69. The van der Waals surface area contributed by atoms with Gasteiger partial charge in [-0.15, -0.1) is 0 Å². The summed E-state index contributed by atoms with van der Waals surface area (Å²) in [6, 6.07) is 0. The van der Waals surface area contributed by atoms with Crippen molar-refractivity contribution in [1.29, 1.82) is 0 Å². The van der Waals surface area contributed by atoms with Gasteiger partial charge < -0.3 is 44.8 Å². The Balaban J connectivity index is -0.000000225. The summed E-state index contributed by atoms with van der Waals surface area (Å²) in [7, 11) is -5.14. The van der Waals surface area contributed by atoms with E-state index in [0.29, 0.717) is 0 Å².